The summed E-state index contributed by atoms with van der Waals surface area (Å²) >= 11 is 6.12. The van der Waals surface area contributed by atoms with Gasteiger partial charge in [0.2, 0.25) is 10.0 Å². The van der Waals surface area contributed by atoms with Crippen LogP contribution in [0, 0.1) is 0 Å². The first-order valence-corrected chi connectivity index (χ1v) is 12.9. The van der Waals surface area contributed by atoms with Gasteiger partial charge in [-0.25, -0.2) is 16.8 Å². The Kier molecular flexibility index (Phi) is 6.83. The lowest BCUT2D eigenvalue weighted by Gasteiger charge is -2.26. The minimum absolute atomic E-state index is 0.0598. The minimum atomic E-state index is -3.83. The van der Waals surface area contributed by atoms with Crippen LogP contribution in [-0.2, 0) is 30.4 Å². The van der Waals surface area contributed by atoms with E-state index < -0.39 is 25.8 Å². The van der Waals surface area contributed by atoms with Gasteiger partial charge in [0.15, 0.2) is 9.84 Å². The molecular weight excluding hydrogens is 452 g/mol. The Labute approximate surface area is 180 Å². The van der Waals surface area contributed by atoms with Crippen molar-refractivity contribution >= 4 is 43.1 Å². The van der Waals surface area contributed by atoms with Gasteiger partial charge in [-0.2, -0.15) is 4.31 Å². The first-order valence-electron chi connectivity index (χ1n) is 9.02. The lowest BCUT2D eigenvalue weighted by atomic mass is 10.1. The summed E-state index contributed by atoms with van der Waals surface area (Å²) in [5, 5.41) is 2.70. The van der Waals surface area contributed by atoms with Crippen LogP contribution < -0.4 is 5.32 Å². The van der Waals surface area contributed by atoms with Crippen molar-refractivity contribution in [2.24, 2.45) is 0 Å². The fraction of sp³-hybridized carbons (Fsp3) is 0.316. The number of sulfone groups is 1. The fourth-order valence-corrected chi connectivity index (χ4v) is 5.67. The zero-order chi connectivity index (χ0) is 21.9. The third-order valence-electron chi connectivity index (χ3n) is 4.42. The van der Waals surface area contributed by atoms with E-state index in [0.29, 0.717) is 24.3 Å². The number of amides is 1. The van der Waals surface area contributed by atoms with Gasteiger partial charge in [0.1, 0.15) is 4.90 Å². The maximum atomic E-state index is 12.9. The molecule has 0 atom stereocenters. The van der Waals surface area contributed by atoms with Crippen molar-refractivity contribution in [3.8, 4) is 0 Å². The predicted molar refractivity (Wildman–Crippen MR) is 114 cm³/mol. The number of nitrogens with one attached hydrogen (secondary N) is 1. The number of morpholine rings is 1. The summed E-state index contributed by atoms with van der Waals surface area (Å²) in [6.45, 7) is 1.08. The summed E-state index contributed by atoms with van der Waals surface area (Å²) in [5.41, 5.74) is 1.15. The molecule has 1 fully saturated rings. The standard InChI is InChI=1S/C19H21ClN2O6S2/c1-29(24,25)13-14-2-4-15(5-3-14)19(23)21-16-6-7-17(20)18(12-16)30(26,27)22-8-10-28-11-9-22/h2-7,12H,8-11,13H2,1H3,(H,21,23). The fourth-order valence-electron chi connectivity index (χ4n) is 2.96. The average Bonchev–Trinajstić information content (AvgIpc) is 2.69. The molecule has 0 aromatic heterocycles. The van der Waals surface area contributed by atoms with Gasteiger partial charge in [-0.15, -0.1) is 0 Å². The highest BCUT2D eigenvalue weighted by molar-refractivity contribution is 7.90. The van der Waals surface area contributed by atoms with Crippen molar-refractivity contribution in [1.82, 2.24) is 4.31 Å². The topological polar surface area (TPSA) is 110 Å². The number of rotatable bonds is 6. The number of nitrogens with zero attached hydrogens (tertiary/aromatic N) is 1. The van der Waals surface area contributed by atoms with Crippen LogP contribution in [0.25, 0.3) is 0 Å². The van der Waals surface area contributed by atoms with Gasteiger partial charge in [0.25, 0.3) is 5.91 Å². The number of carbonyl (C=O) groups is 1. The maximum absolute atomic E-state index is 12.9. The summed E-state index contributed by atoms with van der Waals surface area (Å²) in [4.78, 5) is 12.4. The monoisotopic (exact) mass is 472 g/mol. The van der Waals surface area contributed by atoms with Crippen LogP contribution >= 0.6 is 11.6 Å². The molecule has 0 aliphatic carbocycles. The van der Waals surface area contributed by atoms with Gasteiger partial charge >= 0.3 is 0 Å². The molecule has 162 valence electrons. The van der Waals surface area contributed by atoms with Crippen molar-refractivity contribution in [2.45, 2.75) is 10.6 Å². The quantitative estimate of drug-likeness (QED) is 0.689. The Morgan fingerprint density at radius 3 is 2.30 bits per heavy atom. The molecule has 2 aromatic carbocycles. The van der Waals surface area contributed by atoms with Crippen LogP contribution in [0.5, 0.6) is 0 Å². The summed E-state index contributed by atoms with van der Waals surface area (Å²) in [6, 6.07) is 10.4. The first-order chi connectivity index (χ1) is 14.1. The van der Waals surface area contributed by atoms with Crippen molar-refractivity contribution < 1.29 is 26.4 Å². The number of anilines is 1. The molecular formula is C19H21ClN2O6S2. The number of carbonyl (C=O) groups excluding carboxylic acids is 1. The van der Waals surface area contributed by atoms with E-state index in [9.17, 15) is 21.6 Å². The minimum Gasteiger partial charge on any atom is -0.379 e. The van der Waals surface area contributed by atoms with Crippen LogP contribution in [0.2, 0.25) is 5.02 Å². The number of halogens is 1. The van der Waals surface area contributed by atoms with Crippen molar-refractivity contribution in [2.75, 3.05) is 37.9 Å². The highest BCUT2D eigenvalue weighted by atomic mass is 35.5. The molecule has 1 heterocycles. The molecule has 0 radical (unpaired) electrons. The van der Waals surface area contributed by atoms with Gasteiger partial charge in [-0.05, 0) is 35.9 Å². The lowest BCUT2D eigenvalue weighted by molar-refractivity contribution is 0.0730. The zero-order valence-corrected chi connectivity index (χ0v) is 18.6. The van der Waals surface area contributed by atoms with Crippen LogP contribution in [0.3, 0.4) is 0 Å². The number of hydrogen-bond acceptors (Lipinski definition) is 6. The van der Waals surface area contributed by atoms with E-state index in [-0.39, 0.29) is 34.4 Å². The number of sulfonamides is 1. The summed E-state index contributed by atoms with van der Waals surface area (Å²) in [5.74, 6) is -0.576. The third kappa shape index (κ3) is 5.58. The Balaban J connectivity index is 1.78. The summed E-state index contributed by atoms with van der Waals surface area (Å²) in [6.07, 6.45) is 1.14. The largest absolute Gasteiger partial charge is 0.379 e. The molecule has 1 N–H and O–H groups in total. The molecule has 1 amide bonds. The molecule has 3 rings (SSSR count). The molecule has 2 aromatic rings. The van der Waals surface area contributed by atoms with Crippen molar-refractivity contribution in [1.29, 1.82) is 0 Å². The molecule has 1 saturated heterocycles. The zero-order valence-electron chi connectivity index (χ0n) is 16.2. The number of ether oxygens (including phenoxy) is 1. The van der Waals surface area contributed by atoms with Gasteiger partial charge in [-0.3, -0.25) is 4.79 Å². The normalized spacial score (nSPS) is 15.7. The number of hydrogen-bond donors (Lipinski definition) is 1. The Morgan fingerprint density at radius 2 is 1.70 bits per heavy atom. The maximum Gasteiger partial charge on any atom is 0.255 e. The Bertz CT molecular complexity index is 1140. The van der Waals surface area contributed by atoms with Crippen LogP contribution in [0.15, 0.2) is 47.4 Å². The summed E-state index contributed by atoms with van der Waals surface area (Å²) in [7, 11) is -7.00. The summed E-state index contributed by atoms with van der Waals surface area (Å²) < 4.78 is 55.0. The highest BCUT2D eigenvalue weighted by Gasteiger charge is 2.28. The van der Waals surface area contributed by atoms with Gasteiger partial charge < -0.3 is 10.1 Å². The molecule has 8 nitrogen and oxygen atoms in total. The lowest BCUT2D eigenvalue weighted by Crippen LogP contribution is -2.40. The molecule has 0 spiro atoms. The van der Waals surface area contributed by atoms with E-state index in [4.69, 9.17) is 16.3 Å². The Morgan fingerprint density at radius 1 is 1.07 bits per heavy atom. The van der Waals surface area contributed by atoms with Gasteiger partial charge in [0, 0.05) is 30.6 Å². The van der Waals surface area contributed by atoms with Crippen LogP contribution in [0.1, 0.15) is 15.9 Å². The molecule has 0 bridgehead atoms. The smallest absolute Gasteiger partial charge is 0.255 e. The van der Waals surface area contributed by atoms with E-state index in [1.165, 1.54) is 34.6 Å². The van der Waals surface area contributed by atoms with E-state index >= 15 is 0 Å². The second-order valence-corrected chi connectivity index (χ2v) is 11.3. The molecule has 0 saturated carbocycles. The van der Waals surface area contributed by atoms with Crippen LogP contribution in [0.4, 0.5) is 5.69 Å². The SMILES string of the molecule is CS(=O)(=O)Cc1ccc(C(=O)Nc2ccc(Cl)c(S(=O)(=O)N3CCOCC3)c2)cc1. The third-order valence-corrected chi connectivity index (χ3v) is 7.66. The molecule has 11 heteroatoms. The second-order valence-electron chi connectivity index (χ2n) is 6.88. The van der Waals surface area contributed by atoms with Crippen molar-refractivity contribution in [3.05, 3.63) is 58.6 Å². The van der Waals surface area contributed by atoms with Gasteiger partial charge in [0.05, 0.1) is 24.0 Å². The van der Waals surface area contributed by atoms with E-state index in [1.54, 1.807) is 12.1 Å². The van der Waals surface area contributed by atoms with E-state index in [2.05, 4.69) is 5.32 Å². The van der Waals surface area contributed by atoms with Crippen molar-refractivity contribution in [3.63, 3.8) is 0 Å². The second kappa shape index (κ2) is 9.03. The Hall–Kier alpha value is -1.98. The van der Waals surface area contributed by atoms with E-state index in [0.717, 1.165) is 6.26 Å². The molecule has 0 unspecified atom stereocenters. The number of benzene rings is 2. The predicted octanol–water partition coefficient (Wildman–Crippen LogP) is 2.16. The average molecular weight is 473 g/mol. The molecule has 1 aliphatic heterocycles. The molecule has 1 aliphatic rings. The first kappa shape index (κ1) is 22.7. The van der Waals surface area contributed by atoms with E-state index in [1.807, 2.05) is 0 Å². The van der Waals surface area contributed by atoms with Crippen LogP contribution in [-0.4, -0.2) is 59.6 Å². The highest BCUT2D eigenvalue weighted by Crippen LogP contribution is 2.28. The van der Waals surface area contributed by atoms with Gasteiger partial charge in [-0.1, -0.05) is 23.7 Å². The molecule has 30 heavy (non-hydrogen) atoms.